The van der Waals surface area contributed by atoms with Crippen LogP contribution in [0.5, 0.6) is 0 Å². The number of hydrogen-bond acceptors (Lipinski definition) is 2. The number of rotatable bonds is 11. The summed E-state index contributed by atoms with van der Waals surface area (Å²) in [7, 11) is -7.71. The number of nitrogens with zero attached hydrogens (tertiary/aromatic N) is 5. The molecule has 4 fully saturated rings. The van der Waals surface area contributed by atoms with E-state index in [0.717, 1.165) is 79.3 Å². The summed E-state index contributed by atoms with van der Waals surface area (Å²) in [5.41, 5.74) is 5.27. The molecular formula is C46H53N5O2P2. The van der Waals surface area contributed by atoms with Gasteiger partial charge in [0.25, 0.3) is 0 Å². The van der Waals surface area contributed by atoms with E-state index in [-0.39, 0.29) is 24.2 Å². The molecule has 2 aliphatic carbocycles. The van der Waals surface area contributed by atoms with Gasteiger partial charge in [0.05, 0.1) is 5.69 Å². The fourth-order valence-corrected chi connectivity index (χ4v) is 18.8. The second-order valence-corrected chi connectivity index (χ2v) is 21.0. The molecule has 9 heteroatoms. The molecule has 2 saturated heterocycles. The summed E-state index contributed by atoms with van der Waals surface area (Å²) in [6, 6.07) is 52.6. The summed E-state index contributed by atoms with van der Waals surface area (Å²) in [4.78, 5) is 0. The predicted octanol–water partition coefficient (Wildman–Crippen LogP) is 11.4. The highest BCUT2D eigenvalue weighted by Crippen LogP contribution is 2.80. The average Bonchev–Trinajstić information content (AvgIpc) is 3.60. The molecule has 2 aliphatic heterocycles. The van der Waals surface area contributed by atoms with E-state index in [9.17, 15) is 0 Å². The minimum Gasteiger partial charge on any atom is -0.263 e. The van der Waals surface area contributed by atoms with Gasteiger partial charge in [0, 0.05) is 50.3 Å². The van der Waals surface area contributed by atoms with Crippen LogP contribution < -0.4 is 4.44 Å². The van der Waals surface area contributed by atoms with Gasteiger partial charge in [-0.05, 0) is 60.1 Å². The van der Waals surface area contributed by atoms with E-state index < -0.39 is 15.2 Å². The van der Waals surface area contributed by atoms with E-state index in [1.165, 1.54) is 0 Å². The normalized spacial score (nSPS) is 25.3. The van der Waals surface area contributed by atoms with Crippen molar-refractivity contribution in [2.24, 2.45) is 0 Å². The minimum atomic E-state index is -3.86. The molecule has 284 valence electrons. The van der Waals surface area contributed by atoms with Crippen LogP contribution in [0.3, 0.4) is 0 Å². The number of benzene rings is 5. The maximum atomic E-state index is 17.7. The van der Waals surface area contributed by atoms with Crippen LogP contribution in [0, 0.1) is 0 Å². The Kier molecular flexibility index (Phi) is 10.7. The highest BCUT2D eigenvalue weighted by atomic mass is 31.2. The molecule has 0 radical (unpaired) electrons. The van der Waals surface area contributed by atoms with Crippen LogP contribution in [0.1, 0.15) is 73.6 Å². The topological polar surface area (TPSA) is 50.3 Å². The summed E-state index contributed by atoms with van der Waals surface area (Å²) in [6.45, 7) is 2.10. The summed E-state index contributed by atoms with van der Waals surface area (Å²) in [6.07, 6.45) is 8.24. The fourth-order valence-electron chi connectivity index (χ4n) is 10.0. The molecule has 0 bridgehead atoms. The summed E-state index contributed by atoms with van der Waals surface area (Å²) < 4.78 is 46.8. The van der Waals surface area contributed by atoms with Crippen LogP contribution in [0.15, 0.2) is 152 Å². The predicted molar refractivity (Wildman–Crippen MR) is 224 cm³/mol. The molecule has 55 heavy (non-hydrogen) atoms. The van der Waals surface area contributed by atoms with Crippen molar-refractivity contribution >= 4 is 20.9 Å². The van der Waals surface area contributed by atoms with E-state index >= 15 is 9.13 Å². The van der Waals surface area contributed by atoms with Gasteiger partial charge in [-0.3, -0.25) is 9.13 Å². The first-order valence-corrected chi connectivity index (χ1v) is 23.5. The zero-order chi connectivity index (χ0) is 37.2. The Morgan fingerprint density at radius 3 is 0.873 bits per heavy atom. The lowest BCUT2D eigenvalue weighted by molar-refractivity contribution is 0.197. The SMILES string of the molecule is O=P1(N(c2ccccc2)P2(=O)N(Cc3ccccc3)[C@@H]3CCCC[C@H]3N2Cc2ccccc2)N(Cc2ccccc2)[C@@H]2CCCC[C@H]2N1Cc1ccccc1. The maximum Gasteiger partial charge on any atom is 0.319 e. The third kappa shape index (κ3) is 6.88. The first-order chi connectivity index (χ1) is 27.0. The van der Waals surface area contributed by atoms with Crippen LogP contribution >= 0.6 is 15.2 Å². The lowest BCUT2D eigenvalue weighted by Crippen LogP contribution is -2.40. The van der Waals surface area contributed by atoms with Gasteiger partial charge >= 0.3 is 15.2 Å². The summed E-state index contributed by atoms with van der Waals surface area (Å²) in [5.74, 6) is 0. The van der Waals surface area contributed by atoms with Crippen LogP contribution in [-0.2, 0) is 35.3 Å². The molecule has 0 N–H and O–H groups in total. The van der Waals surface area contributed by atoms with Crippen LogP contribution in [-0.4, -0.2) is 42.8 Å². The highest BCUT2D eigenvalue weighted by molar-refractivity contribution is 7.79. The smallest absolute Gasteiger partial charge is 0.263 e. The van der Waals surface area contributed by atoms with E-state index in [4.69, 9.17) is 0 Å². The van der Waals surface area contributed by atoms with Crippen molar-refractivity contribution < 1.29 is 9.13 Å². The van der Waals surface area contributed by atoms with E-state index in [1.807, 2.05) is 18.2 Å². The van der Waals surface area contributed by atoms with Gasteiger partial charge in [-0.1, -0.05) is 165 Å². The summed E-state index contributed by atoms with van der Waals surface area (Å²) in [5, 5.41) is 0. The lowest BCUT2D eigenvalue weighted by atomic mass is 9.90. The number of para-hydroxylation sites is 1. The second kappa shape index (κ2) is 16.0. The highest BCUT2D eigenvalue weighted by Gasteiger charge is 2.67. The Balaban J connectivity index is 1.30. The van der Waals surface area contributed by atoms with Crippen molar-refractivity contribution in [3.8, 4) is 0 Å². The van der Waals surface area contributed by atoms with Gasteiger partial charge in [-0.2, -0.15) is 0 Å². The molecule has 0 amide bonds. The lowest BCUT2D eigenvalue weighted by Gasteiger charge is -2.47. The Morgan fingerprint density at radius 1 is 0.382 bits per heavy atom. The van der Waals surface area contributed by atoms with Crippen LogP contribution in [0.4, 0.5) is 5.69 Å². The van der Waals surface area contributed by atoms with Crippen molar-refractivity contribution in [3.05, 3.63) is 174 Å². The maximum absolute atomic E-state index is 17.7. The minimum absolute atomic E-state index is 0.0661. The van der Waals surface area contributed by atoms with Crippen LogP contribution in [0.25, 0.3) is 0 Å². The molecular weight excluding hydrogens is 716 g/mol. The van der Waals surface area contributed by atoms with E-state index in [2.05, 4.69) is 157 Å². The van der Waals surface area contributed by atoms with E-state index in [1.54, 1.807) is 0 Å². The second-order valence-electron chi connectivity index (χ2n) is 15.8. The van der Waals surface area contributed by atoms with Crippen molar-refractivity contribution in [1.29, 1.82) is 0 Å². The third-order valence-electron chi connectivity index (χ3n) is 12.5. The molecule has 4 aliphatic rings. The Bertz CT molecular complexity index is 1850. The zero-order valence-electron chi connectivity index (χ0n) is 31.7. The number of hydrogen-bond donors (Lipinski definition) is 0. The molecule has 5 aromatic carbocycles. The molecule has 9 rings (SSSR count). The molecule has 2 heterocycles. The largest absolute Gasteiger partial charge is 0.319 e. The van der Waals surface area contributed by atoms with Gasteiger partial charge in [0.15, 0.2) is 0 Å². The van der Waals surface area contributed by atoms with Gasteiger partial charge in [0.1, 0.15) is 0 Å². The molecule has 2 saturated carbocycles. The molecule has 4 atom stereocenters. The number of anilines is 1. The molecule has 0 unspecified atom stereocenters. The number of fused-ring (bicyclic) bond motifs is 2. The Morgan fingerprint density at radius 2 is 0.618 bits per heavy atom. The molecule has 0 spiro atoms. The Hall–Kier alpha value is -3.80. The first-order valence-electron chi connectivity index (χ1n) is 20.4. The van der Waals surface area contributed by atoms with Crippen molar-refractivity contribution in [2.45, 2.75) is 102 Å². The summed E-state index contributed by atoms with van der Waals surface area (Å²) >= 11 is 0. The van der Waals surface area contributed by atoms with Crippen LogP contribution in [0.2, 0.25) is 0 Å². The fraction of sp³-hybridized carbons (Fsp3) is 0.348. The van der Waals surface area contributed by atoms with Crippen molar-refractivity contribution in [1.82, 2.24) is 18.7 Å². The molecule has 0 aromatic heterocycles. The third-order valence-corrected chi connectivity index (χ3v) is 19.8. The van der Waals surface area contributed by atoms with Gasteiger partial charge < -0.3 is 0 Å². The van der Waals surface area contributed by atoms with Crippen molar-refractivity contribution in [3.63, 3.8) is 0 Å². The molecule has 7 nitrogen and oxygen atoms in total. The standard InChI is InChI=1S/C46H53N5O2P2/c52-54(47(34-38-20-6-1-7-21-38)43-30-16-17-31-44(43)48(54)35-39-22-8-2-9-23-39)51(42-28-14-5-15-29-42)55(53)49(36-40-24-10-3-11-25-40)45-32-18-19-33-46(45)50(55)37-41-26-12-4-13-27-41/h1-15,20-29,43-46H,16-19,30-37H2/t43-,44-,45-,46-/m1/s1. The van der Waals surface area contributed by atoms with Gasteiger partial charge in [-0.15, -0.1) is 0 Å². The van der Waals surface area contributed by atoms with Crippen molar-refractivity contribution in [2.75, 3.05) is 4.44 Å². The monoisotopic (exact) mass is 769 g/mol. The quantitative estimate of drug-likeness (QED) is 0.124. The van der Waals surface area contributed by atoms with Gasteiger partial charge in [0.2, 0.25) is 0 Å². The van der Waals surface area contributed by atoms with Gasteiger partial charge in [-0.25, -0.2) is 23.1 Å². The van der Waals surface area contributed by atoms with E-state index in [0.29, 0.717) is 26.2 Å². The Labute approximate surface area is 327 Å². The zero-order valence-corrected chi connectivity index (χ0v) is 33.5. The first kappa shape index (κ1) is 36.8. The average molecular weight is 770 g/mol. The molecule has 5 aromatic rings.